The number of aromatic nitrogens is 1. The van der Waals surface area contributed by atoms with Crippen LogP contribution >= 0.6 is 11.3 Å². The molecule has 0 bridgehead atoms. The number of aliphatic hydroxyl groups is 1. The molecule has 3 aromatic carbocycles. The molecule has 7 nitrogen and oxygen atoms in total. The largest absolute Gasteiger partial charge is 0.507 e. The predicted octanol–water partition coefficient (Wildman–Crippen LogP) is 5.95. The molecule has 1 saturated heterocycles. The Balaban J connectivity index is 1.51. The van der Waals surface area contributed by atoms with Crippen LogP contribution in [-0.2, 0) is 16.0 Å². The van der Waals surface area contributed by atoms with Gasteiger partial charge in [-0.05, 0) is 79.9 Å². The smallest absolute Gasteiger partial charge is 0.301 e. The van der Waals surface area contributed by atoms with E-state index in [4.69, 9.17) is 14.5 Å². The molecule has 2 atom stereocenters. The highest BCUT2D eigenvalue weighted by molar-refractivity contribution is 7.22. The molecule has 0 aliphatic carbocycles. The van der Waals surface area contributed by atoms with Gasteiger partial charge in [0.25, 0.3) is 5.78 Å². The minimum absolute atomic E-state index is 0.0292. The SMILES string of the molecule is CCOc1ccc([C@@H]2C(=C(O)c3ccc4c(c3)C[C@H](C)O4)C(=O)C(=O)N2c2nc3ccc(C)cc3s2)cc1. The zero-order valence-electron chi connectivity index (χ0n) is 21.2. The summed E-state index contributed by atoms with van der Waals surface area (Å²) in [5, 5.41) is 11.9. The molecule has 1 amide bonds. The maximum absolute atomic E-state index is 13.5. The van der Waals surface area contributed by atoms with Gasteiger partial charge in [0.15, 0.2) is 5.13 Å². The number of fused-ring (bicyclic) bond motifs is 2. The second-order valence-corrected chi connectivity index (χ2v) is 10.6. The van der Waals surface area contributed by atoms with E-state index < -0.39 is 17.7 Å². The zero-order chi connectivity index (χ0) is 26.6. The van der Waals surface area contributed by atoms with E-state index in [1.807, 2.05) is 57.2 Å². The Morgan fingerprint density at radius 3 is 2.68 bits per heavy atom. The average Bonchev–Trinajstić information content (AvgIpc) is 3.56. The normalized spacial score (nSPS) is 20.1. The summed E-state index contributed by atoms with van der Waals surface area (Å²) >= 11 is 1.35. The Kier molecular flexibility index (Phi) is 5.91. The van der Waals surface area contributed by atoms with Crippen molar-refractivity contribution in [1.29, 1.82) is 0 Å². The molecule has 2 aliphatic rings. The second kappa shape index (κ2) is 9.29. The highest BCUT2D eigenvalue weighted by atomic mass is 32.1. The number of aliphatic hydroxyl groups excluding tert-OH is 1. The molecule has 6 rings (SSSR count). The second-order valence-electron chi connectivity index (χ2n) is 9.59. The number of Topliss-reactive ketones (excluding diaryl/α,β-unsaturated/α-hetero) is 1. The van der Waals surface area contributed by atoms with Crippen LogP contribution in [0.5, 0.6) is 11.5 Å². The Morgan fingerprint density at radius 1 is 1.13 bits per heavy atom. The van der Waals surface area contributed by atoms with Crippen molar-refractivity contribution in [3.8, 4) is 11.5 Å². The third-order valence-electron chi connectivity index (χ3n) is 6.86. The number of thiazole rings is 1. The maximum atomic E-state index is 13.5. The summed E-state index contributed by atoms with van der Waals surface area (Å²) in [6.45, 7) is 6.40. The zero-order valence-corrected chi connectivity index (χ0v) is 22.0. The van der Waals surface area contributed by atoms with Gasteiger partial charge in [-0.25, -0.2) is 4.98 Å². The molecule has 0 spiro atoms. The van der Waals surface area contributed by atoms with Crippen LogP contribution in [0.25, 0.3) is 16.0 Å². The lowest BCUT2D eigenvalue weighted by Crippen LogP contribution is -2.29. The number of carbonyl (C=O) groups is 2. The first-order valence-corrected chi connectivity index (χ1v) is 13.4. The van der Waals surface area contributed by atoms with Crippen LogP contribution in [0.2, 0.25) is 0 Å². The number of hydrogen-bond acceptors (Lipinski definition) is 7. The number of ketones is 1. The van der Waals surface area contributed by atoms with Gasteiger partial charge in [0.05, 0.1) is 28.4 Å². The molecule has 0 radical (unpaired) electrons. The summed E-state index contributed by atoms with van der Waals surface area (Å²) in [4.78, 5) is 33.2. The van der Waals surface area contributed by atoms with Gasteiger partial charge in [-0.2, -0.15) is 0 Å². The lowest BCUT2D eigenvalue weighted by Gasteiger charge is -2.23. The third kappa shape index (κ3) is 4.01. The topological polar surface area (TPSA) is 89.0 Å². The number of hydrogen-bond donors (Lipinski definition) is 1. The van der Waals surface area contributed by atoms with E-state index >= 15 is 0 Å². The van der Waals surface area contributed by atoms with Gasteiger partial charge in [-0.3, -0.25) is 14.5 Å². The van der Waals surface area contributed by atoms with Crippen LogP contribution in [0.15, 0.2) is 66.2 Å². The summed E-state index contributed by atoms with van der Waals surface area (Å²) in [6, 6.07) is 17.6. The van der Waals surface area contributed by atoms with Crippen LogP contribution in [0.4, 0.5) is 5.13 Å². The number of nitrogens with zero attached hydrogens (tertiary/aromatic N) is 2. The summed E-state index contributed by atoms with van der Waals surface area (Å²) in [5.74, 6) is -0.246. The monoisotopic (exact) mass is 526 g/mol. The average molecular weight is 527 g/mol. The van der Waals surface area contributed by atoms with E-state index in [2.05, 4.69) is 0 Å². The number of ether oxygens (including phenoxy) is 2. The Labute approximate surface area is 224 Å². The van der Waals surface area contributed by atoms with E-state index in [1.54, 1.807) is 24.3 Å². The number of aryl methyl sites for hydroxylation is 1. The predicted molar refractivity (Wildman–Crippen MR) is 147 cm³/mol. The van der Waals surface area contributed by atoms with Crippen LogP contribution in [0.1, 0.15) is 42.1 Å². The van der Waals surface area contributed by atoms with Gasteiger partial charge < -0.3 is 14.6 Å². The third-order valence-corrected chi connectivity index (χ3v) is 7.88. The van der Waals surface area contributed by atoms with Crippen LogP contribution in [-0.4, -0.2) is 34.5 Å². The van der Waals surface area contributed by atoms with Gasteiger partial charge >= 0.3 is 5.91 Å². The number of benzene rings is 3. The van der Waals surface area contributed by atoms with E-state index in [0.717, 1.165) is 27.1 Å². The number of rotatable bonds is 5. The molecule has 38 heavy (non-hydrogen) atoms. The highest BCUT2D eigenvalue weighted by Gasteiger charge is 2.48. The van der Waals surface area contributed by atoms with Crippen molar-refractivity contribution in [2.45, 2.75) is 39.3 Å². The molecule has 2 aliphatic heterocycles. The summed E-state index contributed by atoms with van der Waals surface area (Å²) in [7, 11) is 0. The van der Waals surface area contributed by atoms with E-state index in [-0.39, 0.29) is 17.4 Å². The number of amides is 1. The van der Waals surface area contributed by atoms with Gasteiger partial charge in [0, 0.05) is 12.0 Å². The number of anilines is 1. The minimum atomic E-state index is -0.851. The van der Waals surface area contributed by atoms with Crippen molar-refractivity contribution < 1.29 is 24.2 Å². The molecule has 1 fully saturated rings. The van der Waals surface area contributed by atoms with Crippen LogP contribution in [0.3, 0.4) is 0 Å². The van der Waals surface area contributed by atoms with Crippen molar-refractivity contribution >= 4 is 44.1 Å². The van der Waals surface area contributed by atoms with Gasteiger partial charge in [0.2, 0.25) is 0 Å². The lowest BCUT2D eigenvalue weighted by molar-refractivity contribution is -0.132. The molecular weight excluding hydrogens is 500 g/mol. The fourth-order valence-corrected chi connectivity index (χ4v) is 6.20. The molecule has 1 N–H and O–H groups in total. The molecule has 3 heterocycles. The fraction of sp³-hybridized carbons (Fsp3) is 0.233. The van der Waals surface area contributed by atoms with Crippen LogP contribution in [0, 0.1) is 6.92 Å². The molecule has 0 unspecified atom stereocenters. The van der Waals surface area contributed by atoms with Crippen molar-refractivity contribution in [2.75, 3.05) is 11.5 Å². The fourth-order valence-electron chi connectivity index (χ4n) is 5.11. The Hall–Kier alpha value is -4.17. The maximum Gasteiger partial charge on any atom is 0.301 e. The first kappa shape index (κ1) is 24.2. The molecule has 0 saturated carbocycles. The van der Waals surface area contributed by atoms with Crippen LogP contribution < -0.4 is 14.4 Å². The highest BCUT2D eigenvalue weighted by Crippen LogP contribution is 2.45. The van der Waals surface area contributed by atoms with E-state index in [0.29, 0.717) is 35.0 Å². The van der Waals surface area contributed by atoms with Crippen molar-refractivity contribution in [1.82, 2.24) is 4.98 Å². The Morgan fingerprint density at radius 2 is 1.92 bits per heavy atom. The minimum Gasteiger partial charge on any atom is -0.507 e. The van der Waals surface area contributed by atoms with E-state index in [9.17, 15) is 14.7 Å². The Bertz CT molecular complexity index is 1620. The van der Waals surface area contributed by atoms with Gasteiger partial charge in [0.1, 0.15) is 23.4 Å². The molecule has 1 aromatic heterocycles. The van der Waals surface area contributed by atoms with Gasteiger partial charge in [-0.1, -0.05) is 29.5 Å². The first-order valence-electron chi connectivity index (χ1n) is 12.5. The standard InChI is InChI=1S/C30H26N2O5S/c1-4-36-21-9-6-18(7-10-21)26-25(27(33)19-8-12-23-20(15-19)14-17(3)37-23)28(34)29(35)32(26)30-31-22-11-5-16(2)13-24(22)38-30/h5-13,15,17,26,33H,4,14H2,1-3H3/t17-,26+/m0/s1. The van der Waals surface area contributed by atoms with Crippen molar-refractivity contribution in [3.05, 3.63) is 88.5 Å². The lowest BCUT2D eigenvalue weighted by atomic mass is 9.94. The van der Waals surface area contributed by atoms with Gasteiger partial charge in [-0.15, -0.1) is 0 Å². The molecule has 192 valence electrons. The summed E-state index contributed by atoms with van der Waals surface area (Å²) < 4.78 is 12.3. The summed E-state index contributed by atoms with van der Waals surface area (Å²) in [6.07, 6.45) is 0.748. The quantitative estimate of drug-likeness (QED) is 0.196. The molecular formula is C30H26N2O5S. The summed E-state index contributed by atoms with van der Waals surface area (Å²) in [5.41, 5.74) is 3.94. The van der Waals surface area contributed by atoms with E-state index in [1.165, 1.54) is 16.2 Å². The van der Waals surface area contributed by atoms with Crippen molar-refractivity contribution in [2.24, 2.45) is 0 Å². The molecule has 8 heteroatoms. The first-order chi connectivity index (χ1) is 18.3. The van der Waals surface area contributed by atoms with Crippen molar-refractivity contribution in [3.63, 3.8) is 0 Å². The molecule has 4 aromatic rings. The number of carbonyl (C=O) groups excluding carboxylic acids is 2.